The normalized spacial score (nSPS) is 20.1. The van der Waals surface area contributed by atoms with Gasteiger partial charge in [0.2, 0.25) is 11.8 Å². The lowest BCUT2D eigenvalue weighted by molar-refractivity contribution is -0.169. The summed E-state index contributed by atoms with van der Waals surface area (Å²) in [5, 5.41) is 0. The van der Waals surface area contributed by atoms with Crippen LogP contribution < -0.4 is 5.73 Å². The van der Waals surface area contributed by atoms with Crippen LogP contribution in [0.2, 0.25) is 0 Å². The number of piperazine rings is 1. The van der Waals surface area contributed by atoms with Gasteiger partial charge < -0.3 is 20.3 Å². The van der Waals surface area contributed by atoms with Crippen LogP contribution in [0, 0.1) is 6.92 Å². The number of benzene rings is 2. The van der Waals surface area contributed by atoms with E-state index in [9.17, 15) is 14.4 Å². The van der Waals surface area contributed by atoms with Crippen molar-refractivity contribution in [1.29, 1.82) is 0 Å². The van der Waals surface area contributed by atoms with E-state index in [2.05, 4.69) is 0 Å². The standard InChI is InChI=1S/C27H34N4O4/c1-20-8-7-11-22(16-20)19-35-27(34)30-15-13-25(32)31-23(12-5-6-14-28)26(33)29(18-24(30)31)17-21-9-3-2-4-10-21/h2-4,7-11,16,23-24H,5-6,12-15,17-19,28H2,1H3/t23-,24?/m0/s1. The van der Waals surface area contributed by atoms with Crippen LogP contribution in [0.1, 0.15) is 42.4 Å². The van der Waals surface area contributed by atoms with Crippen molar-refractivity contribution in [3.63, 3.8) is 0 Å². The number of aryl methyl sites for hydroxylation is 1. The quantitative estimate of drug-likeness (QED) is 0.589. The summed E-state index contributed by atoms with van der Waals surface area (Å²) in [5.74, 6) is -0.173. The average Bonchev–Trinajstić information content (AvgIpc) is 2.85. The Bertz CT molecular complexity index is 1040. The average molecular weight is 479 g/mol. The molecule has 2 N–H and O–H groups in total. The number of ether oxygens (including phenoxy) is 1. The Morgan fingerprint density at radius 1 is 1.06 bits per heavy atom. The Balaban J connectivity index is 1.54. The van der Waals surface area contributed by atoms with Crippen molar-refractivity contribution >= 4 is 17.9 Å². The van der Waals surface area contributed by atoms with Crippen molar-refractivity contribution in [2.24, 2.45) is 5.73 Å². The maximum Gasteiger partial charge on any atom is 0.411 e. The molecule has 0 saturated carbocycles. The van der Waals surface area contributed by atoms with E-state index in [1.54, 1.807) is 14.7 Å². The minimum atomic E-state index is -0.608. The van der Waals surface area contributed by atoms with E-state index in [1.807, 2.05) is 61.5 Å². The van der Waals surface area contributed by atoms with Crippen molar-refractivity contribution in [2.45, 2.75) is 58.0 Å². The third kappa shape index (κ3) is 5.82. The van der Waals surface area contributed by atoms with E-state index in [-0.39, 0.29) is 37.9 Å². The molecule has 2 heterocycles. The van der Waals surface area contributed by atoms with Gasteiger partial charge in [-0.2, -0.15) is 0 Å². The molecule has 0 aliphatic carbocycles. The number of unbranched alkanes of at least 4 members (excludes halogenated alkanes) is 1. The van der Waals surface area contributed by atoms with Gasteiger partial charge >= 0.3 is 6.09 Å². The van der Waals surface area contributed by atoms with E-state index in [0.717, 1.165) is 29.5 Å². The second kappa shape index (κ2) is 11.4. The van der Waals surface area contributed by atoms with Gasteiger partial charge in [-0.05, 0) is 43.9 Å². The van der Waals surface area contributed by atoms with Crippen LogP contribution in [0.25, 0.3) is 0 Å². The molecule has 186 valence electrons. The molecule has 1 unspecified atom stereocenters. The third-order valence-corrected chi connectivity index (χ3v) is 6.68. The molecule has 3 amide bonds. The molecule has 2 aromatic carbocycles. The first kappa shape index (κ1) is 24.7. The van der Waals surface area contributed by atoms with Gasteiger partial charge in [-0.25, -0.2) is 4.79 Å². The van der Waals surface area contributed by atoms with Gasteiger partial charge in [0.1, 0.15) is 18.8 Å². The minimum Gasteiger partial charge on any atom is -0.444 e. The lowest BCUT2D eigenvalue weighted by Crippen LogP contribution is -2.71. The number of nitrogens with zero attached hydrogens (tertiary/aromatic N) is 3. The summed E-state index contributed by atoms with van der Waals surface area (Å²) >= 11 is 0. The van der Waals surface area contributed by atoms with Gasteiger partial charge in [0, 0.05) is 19.5 Å². The van der Waals surface area contributed by atoms with Gasteiger partial charge in [-0.15, -0.1) is 0 Å². The molecule has 8 heteroatoms. The minimum absolute atomic E-state index is 0.0783. The number of hydrogen-bond acceptors (Lipinski definition) is 5. The van der Waals surface area contributed by atoms with Crippen molar-refractivity contribution < 1.29 is 19.1 Å². The molecule has 8 nitrogen and oxygen atoms in total. The largest absolute Gasteiger partial charge is 0.444 e. The van der Waals surface area contributed by atoms with Crippen LogP contribution in [0.15, 0.2) is 54.6 Å². The lowest BCUT2D eigenvalue weighted by atomic mass is 9.98. The van der Waals surface area contributed by atoms with Crippen molar-refractivity contribution in [3.05, 3.63) is 71.3 Å². The molecule has 2 aliphatic heterocycles. The number of nitrogens with two attached hydrogens (primary N) is 1. The summed E-state index contributed by atoms with van der Waals surface area (Å²) in [7, 11) is 0. The highest BCUT2D eigenvalue weighted by molar-refractivity contribution is 5.90. The molecule has 2 aliphatic rings. The van der Waals surface area contributed by atoms with Gasteiger partial charge in [-0.3, -0.25) is 14.5 Å². The predicted octanol–water partition coefficient (Wildman–Crippen LogP) is 3.03. The fraction of sp³-hybridized carbons (Fsp3) is 0.444. The summed E-state index contributed by atoms with van der Waals surface area (Å²) < 4.78 is 5.65. The van der Waals surface area contributed by atoms with Crippen molar-refractivity contribution in [2.75, 3.05) is 19.6 Å². The molecule has 35 heavy (non-hydrogen) atoms. The fourth-order valence-corrected chi connectivity index (χ4v) is 4.93. The summed E-state index contributed by atoms with van der Waals surface area (Å²) in [6, 6.07) is 17.0. The Kier molecular flexibility index (Phi) is 8.02. The van der Waals surface area contributed by atoms with Crippen molar-refractivity contribution in [1.82, 2.24) is 14.7 Å². The van der Waals surface area contributed by atoms with E-state index >= 15 is 0 Å². The SMILES string of the molecule is Cc1cccc(COC(=O)N2CCC(=O)N3C2CN(Cc2ccccc2)C(=O)[C@@H]3CCCCN)c1. The lowest BCUT2D eigenvalue weighted by Gasteiger charge is -2.52. The Labute approximate surface area is 206 Å². The molecular formula is C27H34N4O4. The predicted molar refractivity (Wildman–Crippen MR) is 132 cm³/mol. The van der Waals surface area contributed by atoms with Gasteiger partial charge in [-0.1, -0.05) is 60.2 Å². The van der Waals surface area contributed by atoms with Crippen LogP contribution in [0.5, 0.6) is 0 Å². The van der Waals surface area contributed by atoms with Crippen molar-refractivity contribution in [3.8, 4) is 0 Å². The Hall–Kier alpha value is -3.39. The molecule has 0 aromatic heterocycles. The van der Waals surface area contributed by atoms with E-state index in [1.165, 1.54) is 0 Å². The molecule has 0 spiro atoms. The number of carbonyl (C=O) groups is 3. The smallest absolute Gasteiger partial charge is 0.411 e. The highest BCUT2D eigenvalue weighted by atomic mass is 16.6. The molecule has 2 atom stereocenters. The third-order valence-electron chi connectivity index (χ3n) is 6.68. The van der Waals surface area contributed by atoms with Crippen LogP contribution in [0.3, 0.4) is 0 Å². The highest BCUT2D eigenvalue weighted by Gasteiger charge is 2.48. The summed E-state index contributed by atoms with van der Waals surface area (Å²) in [6.45, 7) is 3.64. The molecule has 0 radical (unpaired) electrons. The van der Waals surface area contributed by atoms with Crippen LogP contribution in [0.4, 0.5) is 4.79 Å². The first-order valence-electron chi connectivity index (χ1n) is 12.3. The maximum absolute atomic E-state index is 13.5. The Morgan fingerprint density at radius 2 is 1.83 bits per heavy atom. The van der Waals surface area contributed by atoms with E-state index in [0.29, 0.717) is 19.5 Å². The summed E-state index contributed by atoms with van der Waals surface area (Å²) in [4.78, 5) is 44.7. The maximum atomic E-state index is 13.5. The van der Waals surface area contributed by atoms with Crippen LogP contribution in [-0.4, -0.2) is 64.4 Å². The number of fused-ring (bicyclic) bond motifs is 1. The van der Waals surface area contributed by atoms with Crippen LogP contribution >= 0.6 is 0 Å². The number of carbonyl (C=O) groups excluding carboxylic acids is 3. The molecular weight excluding hydrogens is 444 g/mol. The highest BCUT2D eigenvalue weighted by Crippen LogP contribution is 2.29. The van der Waals surface area contributed by atoms with Gasteiger partial charge in [0.05, 0.1) is 6.54 Å². The Morgan fingerprint density at radius 3 is 2.57 bits per heavy atom. The monoisotopic (exact) mass is 478 g/mol. The summed E-state index contributed by atoms with van der Waals surface area (Å²) in [6.07, 6.45) is 1.19. The summed E-state index contributed by atoms with van der Waals surface area (Å²) in [5.41, 5.74) is 8.68. The fourth-order valence-electron chi connectivity index (χ4n) is 4.93. The zero-order valence-corrected chi connectivity index (χ0v) is 20.3. The van der Waals surface area contributed by atoms with Gasteiger partial charge in [0.15, 0.2) is 0 Å². The molecule has 0 bridgehead atoms. The van der Waals surface area contributed by atoms with E-state index < -0.39 is 18.3 Å². The van der Waals surface area contributed by atoms with E-state index in [4.69, 9.17) is 10.5 Å². The number of hydrogen-bond donors (Lipinski definition) is 1. The molecule has 2 fully saturated rings. The first-order chi connectivity index (χ1) is 17.0. The topological polar surface area (TPSA) is 96.2 Å². The first-order valence-corrected chi connectivity index (χ1v) is 12.3. The zero-order chi connectivity index (χ0) is 24.8. The number of amides is 3. The van der Waals surface area contributed by atoms with Gasteiger partial charge in [0.25, 0.3) is 0 Å². The zero-order valence-electron chi connectivity index (χ0n) is 20.3. The molecule has 4 rings (SSSR count). The molecule has 2 aromatic rings. The number of rotatable bonds is 8. The second-order valence-corrected chi connectivity index (χ2v) is 9.27. The second-order valence-electron chi connectivity index (χ2n) is 9.27. The van der Waals surface area contributed by atoms with Crippen LogP contribution in [-0.2, 0) is 27.5 Å². The molecule has 2 saturated heterocycles.